The summed E-state index contributed by atoms with van der Waals surface area (Å²) in [4.78, 5) is 1.19. The highest BCUT2D eigenvalue weighted by molar-refractivity contribution is 7.98. The fourth-order valence-corrected chi connectivity index (χ4v) is 3.63. The Balaban J connectivity index is 1.67. The Morgan fingerprint density at radius 3 is 2.44 bits per heavy atom. The molecule has 0 saturated carbocycles. The minimum Gasteiger partial charge on any atom is -0.480 e. The maximum atomic E-state index is 13.1. The fourth-order valence-electron chi connectivity index (χ4n) is 2.73. The summed E-state index contributed by atoms with van der Waals surface area (Å²) in [6.07, 6.45) is 3.76. The zero-order valence-electron chi connectivity index (χ0n) is 15.3. The van der Waals surface area contributed by atoms with Crippen molar-refractivity contribution in [1.82, 2.24) is 0 Å². The van der Waals surface area contributed by atoms with Crippen LogP contribution in [-0.4, -0.2) is 12.3 Å². The van der Waals surface area contributed by atoms with Gasteiger partial charge >= 0.3 is 0 Å². The predicted octanol–water partition coefficient (Wildman–Crippen LogP) is 6.41. The molecule has 0 aromatic heterocycles. The molecular weight excluding hydrogens is 330 g/mol. The molecule has 0 fully saturated rings. The van der Waals surface area contributed by atoms with Crippen LogP contribution in [0.3, 0.4) is 0 Å². The molecule has 1 unspecified atom stereocenters. The van der Waals surface area contributed by atoms with E-state index in [1.807, 2.05) is 18.2 Å². The summed E-state index contributed by atoms with van der Waals surface area (Å²) >= 11 is 1.80. The first-order valence-electron chi connectivity index (χ1n) is 8.60. The molecule has 1 nitrogen and oxygen atoms in total. The minimum atomic E-state index is -0.837. The van der Waals surface area contributed by atoms with Gasteiger partial charge in [-0.15, -0.1) is 11.8 Å². The molecule has 0 N–H and O–H groups in total. The number of hydrogen-bond donors (Lipinski definition) is 0. The van der Waals surface area contributed by atoms with E-state index in [0.717, 1.165) is 17.1 Å². The lowest BCUT2D eigenvalue weighted by Gasteiger charge is -2.29. The van der Waals surface area contributed by atoms with E-state index in [4.69, 9.17) is 4.74 Å². The van der Waals surface area contributed by atoms with Gasteiger partial charge in [0.25, 0.3) is 0 Å². The topological polar surface area (TPSA) is 9.23 Å². The van der Waals surface area contributed by atoms with E-state index >= 15 is 0 Å². The molecule has 0 radical (unpaired) electrons. The maximum absolute atomic E-state index is 13.1. The first kappa shape index (κ1) is 18.1. The van der Waals surface area contributed by atoms with E-state index in [9.17, 15) is 4.39 Å². The van der Waals surface area contributed by atoms with Gasteiger partial charge in [0.05, 0.1) is 0 Å². The average Bonchev–Trinajstić information content (AvgIpc) is 2.59. The van der Waals surface area contributed by atoms with Gasteiger partial charge in [0.2, 0.25) is 0 Å². The highest BCUT2D eigenvalue weighted by Crippen LogP contribution is 2.35. The van der Waals surface area contributed by atoms with E-state index in [0.29, 0.717) is 0 Å². The fraction of sp³-hybridized carbons (Fsp3) is 0.364. The van der Waals surface area contributed by atoms with Crippen LogP contribution in [-0.2, 0) is 11.2 Å². The van der Waals surface area contributed by atoms with Crippen molar-refractivity contribution in [2.75, 3.05) is 6.67 Å². The molecule has 3 heteroatoms. The van der Waals surface area contributed by atoms with Crippen molar-refractivity contribution in [2.45, 2.75) is 49.4 Å². The first-order chi connectivity index (χ1) is 11.8. The van der Waals surface area contributed by atoms with Crippen LogP contribution < -0.4 is 4.74 Å². The molecule has 0 amide bonds. The zero-order valence-corrected chi connectivity index (χ0v) is 16.1. The molecule has 1 heterocycles. The van der Waals surface area contributed by atoms with Crippen LogP contribution in [0.15, 0.2) is 53.4 Å². The van der Waals surface area contributed by atoms with Gasteiger partial charge in [-0.05, 0) is 47.7 Å². The number of fused-ring (bicyclic) bond motifs is 1. The molecule has 0 spiro atoms. The standard InChI is InChI=1S/C22H25FOS/c1-21(2,3)18-7-5-16(6-8-18)14-25-19-9-10-20-17(13-19)11-12-22(4,15-23)24-20/h5-13H,14-15H2,1-4H3/i23-1. The summed E-state index contributed by atoms with van der Waals surface area (Å²) in [7, 11) is 0. The van der Waals surface area contributed by atoms with Crippen molar-refractivity contribution in [2.24, 2.45) is 0 Å². The van der Waals surface area contributed by atoms with E-state index in [2.05, 4.69) is 51.1 Å². The molecule has 2 aromatic rings. The Bertz CT molecular complexity index is 774. The Hall–Kier alpha value is -1.74. The van der Waals surface area contributed by atoms with Gasteiger partial charge in [0.1, 0.15) is 12.4 Å². The summed E-state index contributed by atoms with van der Waals surface area (Å²) in [5, 5.41) is 0. The summed E-state index contributed by atoms with van der Waals surface area (Å²) < 4.78 is 18.8. The summed E-state index contributed by atoms with van der Waals surface area (Å²) in [5.41, 5.74) is 3.03. The van der Waals surface area contributed by atoms with Gasteiger partial charge in [-0.25, -0.2) is 4.39 Å². The van der Waals surface area contributed by atoms with Gasteiger partial charge in [-0.3, -0.25) is 0 Å². The average molecular weight is 356 g/mol. The van der Waals surface area contributed by atoms with Crippen molar-refractivity contribution >= 4 is 17.8 Å². The molecule has 0 saturated heterocycles. The predicted molar refractivity (Wildman–Crippen MR) is 105 cm³/mol. The summed E-state index contributed by atoms with van der Waals surface area (Å²) in [5.74, 6) is 1.68. The second kappa shape index (κ2) is 6.87. The SMILES string of the molecule is CC1(C[18F])C=Cc2cc(SCc3ccc(C(C)(C)C)cc3)ccc2O1. The number of ether oxygens (including phenoxy) is 1. The van der Waals surface area contributed by atoms with Crippen molar-refractivity contribution in [3.05, 3.63) is 65.2 Å². The molecule has 132 valence electrons. The molecule has 0 aliphatic carbocycles. The lowest BCUT2D eigenvalue weighted by atomic mass is 9.87. The number of halogens is 1. The molecule has 0 bridgehead atoms. The van der Waals surface area contributed by atoms with Crippen molar-refractivity contribution in [3.63, 3.8) is 0 Å². The number of rotatable bonds is 4. The van der Waals surface area contributed by atoms with Crippen LogP contribution in [0.1, 0.15) is 44.4 Å². The highest BCUT2D eigenvalue weighted by atomic mass is 32.2. The Kier molecular flexibility index (Phi) is 4.97. The third-order valence-electron chi connectivity index (χ3n) is 4.43. The molecule has 3 rings (SSSR count). The quantitative estimate of drug-likeness (QED) is 0.586. The van der Waals surface area contributed by atoms with Gasteiger partial charge in [-0.2, -0.15) is 0 Å². The second-order valence-corrected chi connectivity index (χ2v) is 8.87. The lowest BCUT2D eigenvalue weighted by Crippen LogP contribution is -2.34. The van der Waals surface area contributed by atoms with Crippen LogP contribution in [0.4, 0.5) is 4.39 Å². The molecule has 25 heavy (non-hydrogen) atoms. The van der Waals surface area contributed by atoms with Crippen molar-refractivity contribution in [1.29, 1.82) is 0 Å². The van der Waals surface area contributed by atoms with Gasteiger partial charge in [-0.1, -0.05) is 51.1 Å². The number of hydrogen-bond acceptors (Lipinski definition) is 2. The highest BCUT2D eigenvalue weighted by Gasteiger charge is 2.27. The molecule has 2 aromatic carbocycles. The van der Waals surface area contributed by atoms with Crippen LogP contribution in [0.5, 0.6) is 5.75 Å². The van der Waals surface area contributed by atoms with Crippen LogP contribution >= 0.6 is 11.8 Å². The number of benzene rings is 2. The largest absolute Gasteiger partial charge is 0.480 e. The van der Waals surface area contributed by atoms with E-state index in [1.165, 1.54) is 16.0 Å². The number of alkyl halides is 1. The van der Waals surface area contributed by atoms with Crippen LogP contribution in [0.2, 0.25) is 0 Å². The lowest BCUT2D eigenvalue weighted by molar-refractivity contribution is 0.105. The smallest absolute Gasteiger partial charge is 0.153 e. The second-order valence-electron chi connectivity index (χ2n) is 7.82. The maximum Gasteiger partial charge on any atom is 0.153 e. The monoisotopic (exact) mass is 355 g/mol. The van der Waals surface area contributed by atoms with E-state index in [1.54, 1.807) is 24.8 Å². The Morgan fingerprint density at radius 1 is 1.08 bits per heavy atom. The van der Waals surface area contributed by atoms with Gasteiger partial charge in [0.15, 0.2) is 5.60 Å². The third kappa shape index (κ3) is 4.27. The van der Waals surface area contributed by atoms with Crippen molar-refractivity contribution in [3.8, 4) is 5.75 Å². The first-order valence-corrected chi connectivity index (χ1v) is 9.58. The molecule has 1 atom stereocenters. The molecule has 1 aliphatic rings. The summed E-state index contributed by atoms with van der Waals surface area (Å²) in [6.45, 7) is 7.93. The number of thioether (sulfide) groups is 1. The normalized spacial score (nSPS) is 19.4. The molecule has 1 aliphatic heterocycles. The van der Waals surface area contributed by atoms with Crippen LogP contribution in [0, 0.1) is 0 Å². The van der Waals surface area contributed by atoms with Gasteiger partial charge < -0.3 is 4.74 Å². The Morgan fingerprint density at radius 2 is 1.80 bits per heavy atom. The Labute approximate surface area is 154 Å². The van der Waals surface area contributed by atoms with Gasteiger partial charge in [0, 0.05) is 16.2 Å². The van der Waals surface area contributed by atoms with E-state index in [-0.39, 0.29) is 5.41 Å². The summed E-state index contributed by atoms with van der Waals surface area (Å²) in [6, 6.07) is 15.0. The van der Waals surface area contributed by atoms with Crippen LogP contribution in [0.25, 0.3) is 6.08 Å². The minimum absolute atomic E-state index is 0.185. The third-order valence-corrected chi connectivity index (χ3v) is 5.50. The zero-order chi connectivity index (χ0) is 18.1. The molecular formula is C22H25FOS. The van der Waals surface area contributed by atoms with E-state index < -0.39 is 12.3 Å². The van der Waals surface area contributed by atoms with Crippen molar-refractivity contribution < 1.29 is 9.13 Å².